The Morgan fingerprint density at radius 1 is 1.24 bits per heavy atom. The summed E-state index contributed by atoms with van der Waals surface area (Å²) in [5, 5.41) is 0. The van der Waals surface area contributed by atoms with Gasteiger partial charge in [0.15, 0.2) is 5.79 Å². The quantitative estimate of drug-likeness (QED) is 0.800. The van der Waals surface area contributed by atoms with Crippen molar-refractivity contribution >= 4 is 6.29 Å². The van der Waals surface area contributed by atoms with Crippen molar-refractivity contribution in [2.24, 2.45) is 5.92 Å². The third-order valence-electron chi connectivity index (χ3n) is 4.35. The van der Waals surface area contributed by atoms with E-state index < -0.39 is 5.79 Å². The fourth-order valence-electron chi connectivity index (χ4n) is 3.40. The van der Waals surface area contributed by atoms with Crippen LogP contribution in [0.3, 0.4) is 0 Å². The molecule has 0 radical (unpaired) electrons. The van der Waals surface area contributed by atoms with Crippen LogP contribution in [0.4, 0.5) is 0 Å². The third kappa shape index (κ3) is 3.70. The van der Waals surface area contributed by atoms with Crippen molar-refractivity contribution in [1.82, 2.24) is 4.90 Å². The van der Waals surface area contributed by atoms with E-state index >= 15 is 0 Å². The Morgan fingerprint density at radius 3 is 2.71 bits per heavy atom. The second-order valence-corrected chi connectivity index (χ2v) is 6.03. The SMILES string of the molecule is O=CC1CN(Cc2ccccc2)CCCC2(C1)OCCO2. The minimum absolute atomic E-state index is 0.0212. The summed E-state index contributed by atoms with van der Waals surface area (Å²) in [7, 11) is 0. The zero-order valence-corrected chi connectivity index (χ0v) is 12.4. The van der Waals surface area contributed by atoms with Crippen LogP contribution < -0.4 is 0 Å². The molecule has 3 rings (SSSR count). The molecule has 2 saturated heterocycles. The molecule has 1 unspecified atom stereocenters. The van der Waals surface area contributed by atoms with Crippen LogP contribution in [0.1, 0.15) is 24.8 Å². The molecule has 2 fully saturated rings. The van der Waals surface area contributed by atoms with Crippen LogP contribution in [0.25, 0.3) is 0 Å². The van der Waals surface area contributed by atoms with Crippen molar-refractivity contribution in [3.05, 3.63) is 35.9 Å². The normalized spacial score (nSPS) is 26.4. The van der Waals surface area contributed by atoms with E-state index in [9.17, 15) is 4.79 Å². The number of rotatable bonds is 3. The van der Waals surface area contributed by atoms with E-state index in [1.165, 1.54) is 5.56 Å². The molecule has 2 heterocycles. The van der Waals surface area contributed by atoms with Crippen LogP contribution in [0, 0.1) is 5.92 Å². The molecular weight excluding hydrogens is 266 g/mol. The van der Waals surface area contributed by atoms with E-state index in [2.05, 4.69) is 29.2 Å². The van der Waals surface area contributed by atoms with Crippen molar-refractivity contribution in [3.63, 3.8) is 0 Å². The van der Waals surface area contributed by atoms with E-state index in [4.69, 9.17) is 9.47 Å². The number of likely N-dealkylation sites (tertiary alicyclic amines) is 1. The molecule has 0 saturated carbocycles. The minimum Gasteiger partial charge on any atom is -0.348 e. The van der Waals surface area contributed by atoms with Gasteiger partial charge in [-0.15, -0.1) is 0 Å². The number of benzene rings is 1. The Morgan fingerprint density at radius 2 is 2.00 bits per heavy atom. The Kier molecular flexibility index (Phi) is 4.68. The maximum absolute atomic E-state index is 11.4. The molecular formula is C17H23NO3. The van der Waals surface area contributed by atoms with Crippen molar-refractivity contribution in [2.75, 3.05) is 26.3 Å². The lowest BCUT2D eigenvalue weighted by Gasteiger charge is -2.35. The Labute approximate surface area is 126 Å². The predicted octanol–water partition coefficient (Wildman–Crippen LogP) is 2.23. The lowest BCUT2D eigenvalue weighted by atomic mass is 9.93. The molecule has 0 N–H and O–H groups in total. The molecule has 0 aromatic heterocycles. The lowest BCUT2D eigenvalue weighted by Crippen LogP contribution is -2.41. The maximum Gasteiger partial charge on any atom is 0.169 e. The van der Waals surface area contributed by atoms with Gasteiger partial charge < -0.3 is 14.3 Å². The Bertz CT molecular complexity index is 456. The first kappa shape index (κ1) is 14.7. The minimum atomic E-state index is -0.496. The average molecular weight is 289 g/mol. The van der Waals surface area contributed by atoms with Crippen LogP contribution in [-0.4, -0.2) is 43.3 Å². The number of carbonyl (C=O) groups is 1. The first-order chi connectivity index (χ1) is 10.3. The molecule has 2 aliphatic rings. The fourth-order valence-corrected chi connectivity index (χ4v) is 3.40. The first-order valence-corrected chi connectivity index (χ1v) is 7.79. The molecule has 2 aliphatic heterocycles. The molecule has 21 heavy (non-hydrogen) atoms. The molecule has 0 aliphatic carbocycles. The smallest absolute Gasteiger partial charge is 0.169 e. The molecule has 114 valence electrons. The Hall–Kier alpha value is -1.23. The summed E-state index contributed by atoms with van der Waals surface area (Å²) in [5.41, 5.74) is 1.30. The van der Waals surface area contributed by atoms with E-state index in [0.717, 1.165) is 38.8 Å². The largest absolute Gasteiger partial charge is 0.348 e. The van der Waals surface area contributed by atoms with Gasteiger partial charge >= 0.3 is 0 Å². The van der Waals surface area contributed by atoms with Gasteiger partial charge in [0.2, 0.25) is 0 Å². The number of hydrogen-bond acceptors (Lipinski definition) is 4. The van der Waals surface area contributed by atoms with Gasteiger partial charge in [0, 0.05) is 31.8 Å². The highest BCUT2D eigenvalue weighted by Crippen LogP contribution is 2.33. The van der Waals surface area contributed by atoms with Gasteiger partial charge in [-0.25, -0.2) is 0 Å². The summed E-state index contributed by atoms with van der Waals surface area (Å²) in [6.07, 6.45) is 3.67. The van der Waals surface area contributed by atoms with Gasteiger partial charge in [0.05, 0.1) is 13.2 Å². The highest BCUT2D eigenvalue weighted by Gasteiger charge is 2.40. The monoisotopic (exact) mass is 289 g/mol. The topological polar surface area (TPSA) is 38.8 Å². The van der Waals surface area contributed by atoms with E-state index in [1.807, 2.05) is 6.07 Å². The zero-order valence-electron chi connectivity index (χ0n) is 12.4. The fraction of sp³-hybridized carbons (Fsp3) is 0.588. The summed E-state index contributed by atoms with van der Waals surface area (Å²) in [6, 6.07) is 10.4. The molecule has 1 spiro atoms. The van der Waals surface area contributed by atoms with Gasteiger partial charge in [-0.1, -0.05) is 30.3 Å². The first-order valence-electron chi connectivity index (χ1n) is 7.79. The van der Waals surface area contributed by atoms with Crippen molar-refractivity contribution in [3.8, 4) is 0 Å². The standard InChI is InChI=1S/C17H23NO3/c19-14-16-11-17(20-9-10-21-17)7-4-8-18(13-16)12-15-5-2-1-3-6-15/h1-3,5-6,14,16H,4,7-13H2. The molecule has 1 atom stereocenters. The number of nitrogens with zero attached hydrogens (tertiary/aromatic N) is 1. The van der Waals surface area contributed by atoms with E-state index in [-0.39, 0.29) is 5.92 Å². The number of carbonyl (C=O) groups excluding carboxylic acids is 1. The van der Waals surface area contributed by atoms with Gasteiger partial charge in [-0.05, 0) is 18.5 Å². The molecule has 4 nitrogen and oxygen atoms in total. The number of aldehydes is 1. The van der Waals surface area contributed by atoms with Crippen molar-refractivity contribution in [1.29, 1.82) is 0 Å². The van der Waals surface area contributed by atoms with Crippen LogP contribution in [0.2, 0.25) is 0 Å². The van der Waals surface area contributed by atoms with Crippen LogP contribution in [0.15, 0.2) is 30.3 Å². The van der Waals surface area contributed by atoms with Crippen LogP contribution in [-0.2, 0) is 20.8 Å². The summed E-state index contributed by atoms with van der Waals surface area (Å²) < 4.78 is 11.6. The number of hydrogen-bond donors (Lipinski definition) is 0. The Balaban J connectivity index is 1.65. The highest BCUT2D eigenvalue weighted by atomic mass is 16.7. The van der Waals surface area contributed by atoms with Gasteiger partial charge in [0.25, 0.3) is 0 Å². The second-order valence-electron chi connectivity index (χ2n) is 6.03. The average Bonchev–Trinajstić information content (AvgIpc) is 2.94. The summed E-state index contributed by atoms with van der Waals surface area (Å²) >= 11 is 0. The molecule has 4 heteroatoms. The molecule has 0 bridgehead atoms. The summed E-state index contributed by atoms with van der Waals surface area (Å²) in [5.74, 6) is -0.517. The van der Waals surface area contributed by atoms with Crippen LogP contribution >= 0.6 is 0 Å². The molecule has 1 aromatic carbocycles. The molecule has 0 amide bonds. The summed E-state index contributed by atoms with van der Waals surface area (Å²) in [4.78, 5) is 13.8. The van der Waals surface area contributed by atoms with Crippen molar-refractivity contribution < 1.29 is 14.3 Å². The second kappa shape index (κ2) is 6.69. The van der Waals surface area contributed by atoms with E-state index in [1.54, 1.807) is 0 Å². The van der Waals surface area contributed by atoms with Crippen LogP contribution in [0.5, 0.6) is 0 Å². The predicted molar refractivity (Wildman–Crippen MR) is 79.8 cm³/mol. The highest BCUT2D eigenvalue weighted by molar-refractivity contribution is 5.54. The molecule has 1 aromatic rings. The third-order valence-corrected chi connectivity index (χ3v) is 4.35. The summed E-state index contributed by atoms with van der Waals surface area (Å²) in [6.45, 7) is 3.97. The lowest BCUT2D eigenvalue weighted by molar-refractivity contribution is -0.181. The van der Waals surface area contributed by atoms with Gasteiger partial charge in [-0.3, -0.25) is 4.90 Å². The zero-order chi connectivity index (χ0) is 14.5. The van der Waals surface area contributed by atoms with Gasteiger partial charge in [-0.2, -0.15) is 0 Å². The van der Waals surface area contributed by atoms with Gasteiger partial charge in [0.1, 0.15) is 6.29 Å². The maximum atomic E-state index is 11.4. The number of ether oxygens (including phenoxy) is 2. The van der Waals surface area contributed by atoms with Crippen molar-refractivity contribution in [2.45, 2.75) is 31.6 Å². The van der Waals surface area contributed by atoms with E-state index in [0.29, 0.717) is 19.6 Å².